The van der Waals surface area contributed by atoms with E-state index in [-0.39, 0.29) is 6.54 Å². The van der Waals surface area contributed by atoms with Gasteiger partial charge in [-0.3, -0.25) is 9.10 Å². The molecule has 1 aliphatic heterocycles. The second-order valence-electron chi connectivity index (χ2n) is 7.35. The van der Waals surface area contributed by atoms with Gasteiger partial charge in [-0.25, -0.2) is 8.42 Å². The van der Waals surface area contributed by atoms with Crippen molar-refractivity contribution in [1.29, 1.82) is 0 Å². The summed E-state index contributed by atoms with van der Waals surface area (Å²) < 4.78 is 25.5. The minimum absolute atomic E-state index is 0.327. The van der Waals surface area contributed by atoms with Gasteiger partial charge in [0.2, 0.25) is 15.9 Å². The van der Waals surface area contributed by atoms with E-state index in [1.54, 1.807) is 18.2 Å². The smallest absolute Gasteiger partial charge is 0.245 e. The minimum Gasteiger partial charge on any atom is -0.372 e. The number of halogens is 1. The van der Waals surface area contributed by atoms with E-state index in [1.165, 1.54) is 19.3 Å². The Kier molecular flexibility index (Phi) is 6.70. The minimum atomic E-state index is -3.65. The Morgan fingerprint density at radius 2 is 1.76 bits per heavy atom. The quantitative estimate of drug-likeness (QED) is 0.743. The van der Waals surface area contributed by atoms with Crippen LogP contribution in [0.4, 0.5) is 17.1 Å². The lowest BCUT2D eigenvalue weighted by Crippen LogP contribution is -2.37. The maximum absolute atomic E-state index is 12.5. The normalized spacial score (nSPS) is 14.5. The Hall–Kier alpha value is -2.25. The molecule has 29 heavy (non-hydrogen) atoms. The number of aryl methyl sites for hydroxylation is 1. The molecule has 6 nitrogen and oxygen atoms in total. The summed E-state index contributed by atoms with van der Waals surface area (Å²) in [6, 6.07) is 12.6. The van der Waals surface area contributed by atoms with Crippen molar-refractivity contribution in [1.82, 2.24) is 0 Å². The molecule has 3 rings (SSSR count). The van der Waals surface area contributed by atoms with Crippen molar-refractivity contribution in [3.8, 4) is 0 Å². The molecule has 156 valence electrons. The number of amides is 1. The van der Waals surface area contributed by atoms with Gasteiger partial charge in [-0.1, -0.05) is 17.7 Å². The van der Waals surface area contributed by atoms with Crippen LogP contribution in [-0.2, 0) is 14.8 Å². The molecule has 2 aromatic rings. The standard InChI is InChI=1S/C21H26ClN3O3S/c1-16-6-9-19(14-20(16)22)25(29(2,27)28)15-21(26)23-17-7-10-18(11-8-17)24-12-4-3-5-13-24/h6-11,14H,3-5,12-13,15H2,1-2H3,(H,23,26). The van der Waals surface area contributed by atoms with Gasteiger partial charge in [0.25, 0.3) is 0 Å². The number of piperidine rings is 1. The summed E-state index contributed by atoms with van der Waals surface area (Å²) in [6.07, 6.45) is 4.74. The van der Waals surface area contributed by atoms with E-state index in [0.29, 0.717) is 16.4 Å². The molecular formula is C21H26ClN3O3S. The molecule has 8 heteroatoms. The van der Waals surface area contributed by atoms with Crippen molar-refractivity contribution in [2.45, 2.75) is 26.2 Å². The Bertz CT molecular complexity index is 971. The predicted octanol–water partition coefficient (Wildman–Crippen LogP) is 4.04. The van der Waals surface area contributed by atoms with Crippen LogP contribution in [0.1, 0.15) is 24.8 Å². The number of anilines is 3. The largest absolute Gasteiger partial charge is 0.372 e. The van der Waals surface area contributed by atoms with Gasteiger partial charge in [0.1, 0.15) is 6.54 Å². The van der Waals surface area contributed by atoms with Gasteiger partial charge < -0.3 is 10.2 Å². The molecule has 0 bridgehead atoms. The van der Waals surface area contributed by atoms with E-state index in [9.17, 15) is 13.2 Å². The number of carbonyl (C=O) groups excluding carboxylic acids is 1. The van der Waals surface area contributed by atoms with Crippen molar-refractivity contribution in [2.75, 3.05) is 40.4 Å². The zero-order valence-corrected chi connectivity index (χ0v) is 18.3. The van der Waals surface area contributed by atoms with Crippen LogP contribution in [0.2, 0.25) is 5.02 Å². The highest BCUT2D eigenvalue weighted by Crippen LogP contribution is 2.25. The molecule has 1 fully saturated rings. The Balaban J connectivity index is 1.69. The summed E-state index contributed by atoms with van der Waals surface area (Å²) in [5.74, 6) is -0.419. The van der Waals surface area contributed by atoms with E-state index in [0.717, 1.165) is 34.9 Å². The fraction of sp³-hybridized carbons (Fsp3) is 0.381. The number of sulfonamides is 1. The SMILES string of the molecule is Cc1ccc(N(CC(=O)Nc2ccc(N3CCCCC3)cc2)S(C)(=O)=O)cc1Cl. The highest BCUT2D eigenvalue weighted by Gasteiger charge is 2.21. The van der Waals surface area contributed by atoms with Crippen molar-refractivity contribution in [2.24, 2.45) is 0 Å². The molecule has 0 atom stereocenters. The van der Waals surface area contributed by atoms with E-state index in [4.69, 9.17) is 11.6 Å². The molecule has 0 aromatic heterocycles. The van der Waals surface area contributed by atoms with Gasteiger partial charge in [-0.2, -0.15) is 0 Å². The zero-order valence-electron chi connectivity index (χ0n) is 16.7. The third kappa shape index (κ3) is 5.64. The maximum atomic E-state index is 12.5. The van der Waals surface area contributed by atoms with E-state index >= 15 is 0 Å². The van der Waals surface area contributed by atoms with E-state index in [1.807, 2.05) is 31.2 Å². The average molecular weight is 436 g/mol. The number of hydrogen-bond donors (Lipinski definition) is 1. The fourth-order valence-corrected chi connectivity index (χ4v) is 4.40. The zero-order chi connectivity index (χ0) is 21.0. The topological polar surface area (TPSA) is 69.7 Å². The molecule has 0 spiro atoms. The average Bonchev–Trinajstić information content (AvgIpc) is 2.69. The number of nitrogens with one attached hydrogen (secondary N) is 1. The van der Waals surface area contributed by atoms with Crippen molar-refractivity contribution < 1.29 is 13.2 Å². The van der Waals surface area contributed by atoms with Crippen LogP contribution in [-0.4, -0.2) is 40.2 Å². The van der Waals surface area contributed by atoms with Gasteiger partial charge in [-0.05, 0) is 68.1 Å². The highest BCUT2D eigenvalue weighted by atomic mass is 35.5. The second-order valence-corrected chi connectivity index (χ2v) is 9.66. The molecule has 1 saturated heterocycles. The lowest BCUT2D eigenvalue weighted by molar-refractivity contribution is -0.114. The number of hydrogen-bond acceptors (Lipinski definition) is 4. The number of nitrogens with zero attached hydrogens (tertiary/aromatic N) is 2. The van der Waals surface area contributed by atoms with Crippen LogP contribution in [0, 0.1) is 6.92 Å². The molecule has 1 N–H and O–H groups in total. The van der Waals surface area contributed by atoms with E-state index < -0.39 is 15.9 Å². The van der Waals surface area contributed by atoms with Gasteiger partial charge in [0, 0.05) is 29.5 Å². The highest BCUT2D eigenvalue weighted by molar-refractivity contribution is 7.92. The van der Waals surface area contributed by atoms with Crippen LogP contribution < -0.4 is 14.5 Å². The summed E-state index contributed by atoms with van der Waals surface area (Å²) in [5.41, 5.74) is 2.96. The molecular weight excluding hydrogens is 410 g/mol. The van der Waals surface area contributed by atoms with Gasteiger partial charge in [0.15, 0.2) is 0 Å². The third-order valence-corrected chi connectivity index (χ3v) is 6.55. The number of carbonyl (C=O) groups is 1. The van der Waals surface area contributed by atoms with Crippen LogP contribution in [0.3, 0.4) is 0 Å². The Morgan fingerprint density at radius 3 is 2.34 bits per heavy atom. The number of rotatable bonds is 6. The van der Waals surface area contributed by atoms with Crippen molar-refractivity contribution in [3.05, 3.63) is 53.1 Å². The van der Waals surface area contributed by atoms with E-state index in [2.05, 4.69) is 10.2 Å². The second kappa shape index (κ2) is 9.05. The predicted molar refractivity (Wildman–Crippen MR) is 120 cm³/mol. The Labute approximate surface area is 177 Å². The molecule has 0 aliphatic carbocycles. The van der Waals surface area contributed by atoms with Gasteiger partial charge in [-0.15, -0.1) is 0 Å². The summed E-state index contributed by atoms with van der Waals surface area (Å²) >= 11 is 6.13. The molecule has 0 unspecified atom stereocenters. The fourth-order valence-electron chi connectivity index (χ4n) is 3.38. The van der Waals surface area contributed by atoms with Crippen LogP contribution in [0.25, 0.3) is 0 Å². The first-order chi connectivity index (χ1) is 13.7. The summed E-state index contributed by atoms with van der Waals surface area (Å²) in [7, 11) is -3.65. The lowest BCUT2D eigenvalue weighted by Gasteiger charge is -2.29. The first-order valence-corrected chi connectivity index (χ1v) is 11.9. The van der Waals surface area contributed by atoms with Crippen LogP contribution >= 0.6 is 11.6 Å². The van der Waals surface area contributed by atoms with Crippen molar-refractivity contribution in [3.63, 3.8) is 0 Å². The molecule has 0 radical (unpaired) electrons. The lowest BCUT2D eigenvalue weighted by atomic mass is 10.1. The first-order valence-electron chi connectivity index (χ1n) is 9.63. The van der Waals surface area contributed by atoms with Gasteiger partial charge >= 0.3 is 0 Å². The molecule has 0 saturated carbocycles. The van der Waals surface area contributed by atoms with Crippen LogP contribution in [0.5, 0.6) is 0 Å². The summed E-state index contributed by atoms with van der Waals surface area (Å²) in [5, 5.41) is 3.22. The monoisotopic (exact) mass is 435 g/mol. The molecule has 1 heterocycles. The molecule has 2 aromatic carbocycles. The first kappa shape index (κ1) is 21.5. The Morgan fingerprint density at radius 1 is 1.10 bits per heavy atom. The summed E-state index contributed by atoms with van der Waals surface area (Å²) in [6.45, 7) is 3.60. The molecule has 1 amide bonds. The van der Waals surface area contributed by atoms with Gasteiger partial charge in [0.05, 0.1) is 11.9 Å². The van der Waals surface area contributed by atoms with Crippen LogP contribution in [0.15, 0.2) is 42.5 Å². The third-order valence-electron chi connectivity index (χ3n) is 5.00. The molecule has 1 aliphatic rings. The van der Waals surface area contributed by atoms with Crippen molar-refractivity contribution >= 4 is 44.6 Å². The maximum Gasteiger partial charge on any atom is 0.245 e. The number of benzene rings is 2. The summed E-state index contributed by atoms with van der Waals surface area (Å²) in [4.78, 5) is 14.9.